The second-order valence-corrected chi connectivity index (χ2v) is 4.86. The van der Waals surface area contributed by atoms with Gasteiger partial charge in [0.25, 0.3) is 0 Å². The highest BCUT2D eigenvalue weighted by molar-refractivity contribution is 7.07. The van der Waals surface area contributed by atoms with Crippen molar-refractivity contribution in [3.63, 3.8) is 0 Å². The number of aromatic nitrogens is 2. The van der Waals surface area contributed by atoms with Crippen molar-refractivity contribution in [3.8, 4) is 0 Å². The molecule has 2 aromatic rings. The lowest BCUT2D eigenvalue weighted by atomic mass is 10.2. The van der Waals surface area contributed by atoms with E-state index in [0.29, 0.717) is 13.1 Å². The first kappa shape index (κ1) is 12.0. The van der Waals surface area contributed by atoms with Gasteiger partial charge in [0.15, 0.2) is 5.78 Å². The van der Waals surface area contributed by atoms with Gasteiger partial charge < -0.3 is 4.57 Å². The molecule has 0 amide bonds. The van der Waals surface area contributed by atoms with Crippen LogP contribution in [0.4, 0.5) is 0 Å². The van der Waals surface area contributed by atoms with Crippen molar-refractivity contribution in [1.82, 2.24) is 14.5 Å². The average molecular weight is 249 g/mol. The molecule has 2 rings (SSSR count). The molecule has 0 N–H and O–H groups in total. The van der Waals surface area contributed by atoms with Crippen LogP contribution in [0.15, 0.2) is 29.4 Å². The van der Waals surface area contributed by atoms with Gasteiger partial charge in [-0.05, 0) is 13.1 Å². The Labute approximate surface area is 105 Å². The van der Waals surface area contributed by atoms with Gasteiger partial charge in [0, 0.05) is 36.9 Å². The highest BCUT2D eigenvalue weighted by Crippen LogP contribution is 2.06. The summed E-state index contributed by atoms with van der Waals surface area (Å²) in [4.78, 5) is 18.1. The van der Waals surface area contributed by atoms with E-state index in [2.05, 4.69) is 4.98 Å². The first-order chi connectivity index (χ1) is 8.15. The second-order valence-electron chi connectivity index (χ2n) is 4.14. The number of likely N-dealkylation sites (N-methyl/N-ethyl adjacent to an activating group) is 1. The largest absolute Gasteiger partial charge is 0.357 e. The quantitative estimate of drug-likeness (QED) is 0.758. The maximum atomic E-state index is 11.9. The van der Waals surface area contributed by atoms with Gasteiger partial charge in [0.05, 0.1) is 17.7 Å². The van der Waals surface area contributed by atoms with Gasteiger partial charge in [-0.1, -0.05) is 0 Å². The highest BCUT2D eigenvalue weighted by Gasteiger charge is 2.11. The van der Waals surface area contributed by atoms with Gasteiger partial charge in [0.2, 0.25) is 0 Å². The Bertz CT molecular complexity index is 490. The Morgan fingerprint density at radius 2 is 2.41 bits per heavy atom. The first-order valence-corrected chi connectivity index (χ1v) is 6.30. The Balaban J connectivity index is 1.90. The number of carbonyl (C=O) groups excluding carboxylic acids is 1. The lowest BCUT2D eigenvalue weighted by Gasteiger charge is -2.13. The van der Waals surface area contributed by atoms with Crippen LogP contribution in [0.2, 0.25) is 0 Å². The lowest BCUT2D eigenvalue weighted by Crippen LogP contribution is -2.25. The highest BCUT2D eigenvalue weighted by atomic mass is 32.1. The van der Waals surface area contributed by atoms with Crippen LogP contribution < -0.4 is 0 Å². The molecule has 0 fully saturated rings. The van der Waals surface area contributed by atoms with Gasteiger partial charge in [-0.3, -0.25) is 9.69 Å². The van der Waals surface area contributed by atoms with Gasteiger partial charge >= 0.3 is 0 Å². The summed E-state index contributed by atoms with van der Waals surface area (Å²) in [5.41, 5.74) is 3.58. The smallest absolute Gasteiger partial charge is 0.178 e. The van der Waals surface area contributed by atoms with Crippen LogP contribution in [0.5, 0.6) is 0 Å². The topological polar surface area (TPSA) is 38.1 Å². The van der Waals surface area contributed by atoms with Crippen LogP contribution in [0.3, 0.4) is 0 Å². The number of Topliss-reactive ketones (excluding diaryl/α,β-unsaturated/α-hetero) is 1. The molecule has 0 atom stereocenters. The zero-order chi connectivity index (χ0) is 12.3. The molecule has 2 aromatic heterocycles. The summed E-state index contributed by atoms with van der Waals surface area (Å²) >= 11 is 1.57. The molecule has 0 aliphatic carbocycles. The van der Waals surface area contributed by atoms with Crippen molar-refractivity contribution in [3.05, 3.63) is 40.6 Å². The molecule has 4 nitrogen and oxygen atoms in total. The molecule has 2 heterocycles. The number of hydrogen-bond acceptors (Lipinski definition) is 4. The van der Waals surface area contributed by atoms with Crippen molar-refractivity contribution in [2.24, 2.45) is 7.05 Å². The number of hydrogen-bond donors (Lipinski definition) is 0. The van der Waals surface area contributed by atoms with Gasteiger partial charge in [0.1, 0.15) is 0 Å². The predicted octanol–water partition coefficient (Wildman–Crippen LogP) is 1.80. The van der Waals surface area contributed by atoms with E-state index in [0.717, 1.165) is 11.3 Å². The molecular formula is C12H15N3OS. The molecule has 90 valence electrons. The van der Waals surface area contributed by atoms with Crippen molar-refractivity contribution in [1.29, 1.82) is 0 Å². The van der Waals surface area contributed by atoms with Crippen molar-refractivity contribution >= 4 is 17.1 Å². The Morgan fingerprint density at radius 1 is 1.59 bits per heavy atom. The van der Waals surface area contributed by atoms with E-state index >= 15 is 0 Å². The maximum absolute atomic E-state index is 11.9. The summed E-state index contributed by atoms with van der Waals surface area (Å²) in [6.07, 6.45) is 3.73. The van der Waals surface area contributed by atoms with Crippen LogP contribution in [0.25, 0.3) is 0 Å². The fourth-order valence-electron chi connectivity index (χ4n) is 1.65. The maximum Gasteiger partial charge on any atom is 0.178 e. The minimum atomic E-state index is 0.142. The number of thiazole rings is 1. The monoisotopic (exact) mass is 249 g/mol. The summed E-state index contributed by atoms with van der Waals surface area (Å²) < 4.78 is 1.88. The lowest BCUT2D eigenvalue weighted by molar-refractivity contribution is 0.0942. The Hall–Kier alpha value is -1.46. The zero-order valence-corrected chi connectivity index (χ0v) is 10.8. The van der Waals surface area contributed by atoms with Gasteiger partial charge in [-0.15, -0.1) is 11.3 Å². The van der Waals surface area contributed by atoms with Crippen LogP contribution in [0.1, 0.15) is 16.1 Å². The van der Waals surface area contributed by atoms with E-state index in [1.807, 2.05) is 52.9 Å². The van der Waals surface area contributed by atoms with E-state index in [1.54, 1.807) is 11.3 Å². The van der Waals surface area contributed by atoms with Gasteiger partial charge in [-0.2, -0.15) is 0 Å². The molecule has 5 heteroatoms. The predicted molar refractivity (Wildman–Crippen MR) is 68.2 cm³/mol. The van der Waals surface area contributed by atoms with Crippen LogP contribution in [-0.4, -0.2) is 33.8 Å². The molecule has 17 heavy (non-hydrogen) atoms. The SMILES string of the molecule is CN(CC(=O)c1ccn(C)c1)Cc1cscn1. The number of nitrogens with zero attached hydrogens (tertiary/aromatic N) is 3. The number of aryl methyl sites for hydroxylation is 1. The molecule has 0 spiro atoms. The van der Waals surface area contributed by atoms with E-state index in [1.165, 1.54) is 0 Å². The van der Waals surface area contributed by atoms with Crippen molar-refractivity contribution in [2.75, 3.05) is 13.6 Å². The second kappa shape index (κ2) is 5.25. The minimum Gasteiger partial charge on any atom is -0.357 e. The van der Waals surface area contributed by atoms with Crippen molar-refractivity contribution < 1.29 is 4.79 Å². The van der Waals surface area contributed by atoms with Crippen LogP contribution >= 0.6 is 11.3 Å². The fraction of sp³-hybridized carbons (Fsp3) is 0.333. The third-order valence-electron chi connectivity index (χ3n) is 2.48. The van der Waals surface area contributed by atoms with E-state index in [9.17, 15) is 4.79 Å². The summed E-state index contributed by atoms with van der Waals surface area (Å²) in [6, 6.07) is 1.85. The third kappa shape index (κ3) is 3.25. The van der Waals surface area contributed by atoms with E-state index < -0.39 is 0 Å². The number of ketones is 1. The molecule has 0 saturated heterocycles. The molecule has 0 aromatic carbocycles. The summed E-state index contributed by atoms with van der Waals surface area (Å²) in [5.74, 6) is 0.142. The number of carbonyl (C=O) groups is 1. The normalized spacial score (nSPS) is 11.0. The molecule has 0 radical (unpaired) electrons. The van der Waals surface area contributed by atoms with Crippen LogP contribution in [-0.2, 0) is 13.6 Å². The summed E-state index contributed by atoms with van der Waals surface area (Å²) in [5, 5.41) is 2.00. The first-order valence-electron chi connectivity index (χ1n) is 5.36. The van der Waals surface area contributed by atoms with E-state index in [-0.39, 0.29) is 5.78 Å². The summed E-state index contributed by atoms with van der Waals surface area (Å²) in [7, 11) is 3.84. The molecule has 0 unspecified atom stereocenters. The number of rotatable bonds is 5. The van der Waals surface area contributed by atoms with Gasteiger partial charge in [-0.25, -0.2) is 4.98 Å². The van der Waals surface area contributed by atoms with Crippen LogP contribution in [0, 0.1) is 0 Å². The molecule has 0 bridgehead atoms. The molecule has 0 aliphatic rings. The van der Waals surface area contributed by atoms with E-state index in [4.69, 9.17) is 0 Å². The molecular weight excluding hydrogens is 234 g/mol. The summed E-state index contributed by atoms with van der Waals surface area (Å²) in [6.45, 7) is 1.13. The molecule has 0 aliphatic heterocycles. The third-order valence-corrected chi connectivity index (χ3v) is 3.12. The zero-order valence-electron chi connectivity index (χ0n) is 9.96. The fourth-order valence-corrected chi connectivity index (χ4v) is 2.20. The minimum absolute atomic E-state index is 0.142. The molecule has 0 saturated carbocycles. The Morgan fingerprint density at radius 3 is 3.00 bits per heavy atom. The standard InChI is InChI=1S/C12H15N3OS/c1-14-4-3-10(5-14)12(16)7-15(2)6-11-8-17-9-13-11/h3-5,8-9H,6-7H2,1-2H3. The van der Waals surface area contributed by atoms with Crippen molar-refractivity contribution in [2.45, 2.75) is 6.54 Å². The average Bonchev–Trinajstić information content (AvgIpc) is 2.89. The Kier molecular flexibility index (Phi) is 3.71.